The maximum Gasteiger partial charge on any atom is 0.250 e. The first-order chi connectivity index (χ1) is 12.5. The molecule has 0 bridgehead atoms. The van der Waals surface area contributed by atoms with E-state index in [1.54, 1.807) is 30.0 Å². The highest BCUT2D eigenvalue weighted by Gasteiger charge is 2.07. The Morgan fingerprint density at radius 3 is 2.92 bits per heavy atom. The number of hydrogen-bond acceptors (Lipinski definition) is 8. The highest BCUT2D eigenvalue weighted by atomic mass is 32.2. The molecule has 1 amide bonds. The Bertz CT molecular complexity index is 800. The Morgan fingerprint density at radius 2 is 2.19 bits per heavy atom. The van der Waals surface area contributed by atoms with Crippen LogP contribution in [-0.4, -0.2) is 45.8 Å². The van der Waals surface area contributed by atoms with Crippen LogP contribution >= 0.6 is 23.5 Å². The van der Waals surface area contributed by atoms with E-state index in [0.29, 0.717) is 16.5 Å². The summed E-state index contributed by atoms with van der Waals surface area (Å²) >= 11 is 2.88. The number of thioether (sulfide) groups is 2. The molecule has 0 saturated carbocycles. The fourth-order valence-electron chi connectivity index (χ4n) is 1.93. The summed E-state index contributed by atoms with van der Waals surface area (Å²) in [5.41, 5.74) is 3.74. The maximum atomic E-state index is 11.9. The Labute approximate surface area is 160 Å². The Hall–Kier alpha value is -2.26. The second-order valence-corrected chi connectivity index (χ2v) is 7.27. The molecule has 0 spiro atoms. The van der Waals surface area contributed by atoms with Gasteiger partial charge in [-0.25, -0.2) is 15.4 Å². The van der Waals surface area contributed by atoms with Crippen molar-refractivity contribution in [3.05, 3.63) is 35.5 Å². The van der Waals surface area contributed by atoms with Crippen molar-refractivity contribution in [2.24, 2.45) is 5.10 Å². The molecule has 9 heteroatoms. The molecule has 2 rings (SSSR count). The largest absolute Gasteiger partial charge is 0.504 e. The van der Waals surface area contributed by atoms with E-state index in [1.807, 2.05) is 19.9 Å². The lowest BCUT2D eigenvalue weighted by molar-refractivity contribution is -0.118. The molecule has 0 atom stereocenters. The van der Waals surface area contributed by atoms with Gasteiger partial charge in [0.25, 0.3) is 0 Å². The van der Waals surface area contributed by atoms with Crippen molar-refractivity contribution in [2.45, 2.75) is 24.0 Å². The van der Waals surface area contributed by atoms with Crippen LogP contribution in [-0.2, 0) is 4.79 Å². The number of phenols is 1. The third kappa shape index (κ3) is 5.92. The number of phenolic OH excluding ortho intramolecular Hbond substituents is 1. The Kier molecular flexibility index (Phi) is 7.73. The average molecular weight is 393 g/mol. The quantitative estimate of drug-likeness (QED) is 0.234. The highest BCUT2D eigenvalue weighted by Crippen LogP contribution is 2.27. The van der Waals surface area contributed by atoms with Crippen molar-refractivity contribution in [3.8, 4) is 11.5 Å². The molecule has 138 valence electrons. The second-order valence-electron chi connectivity index (χ2n) is 5.04. The lowest BCUT2D eigenvalue weighted by atomic mass is 10.2. The number of hydrogen-bond donors (Lipinski definition) is 2. The molecule has 0 aliphatic carbocycles. The van der Waals surface area contributed by atoms with E-state index in [9.17, 15) is 9.90 Å². The van der Waals surface area contributed by atoms with E-state index in [0.717, 1.165) is 16.5 Å². The van der Waals surface area contributed by atoms with Gasteiger partial charge in [0, 0.05) is 11.3 Å². The molecule has 2 aromatic rings. The van der Waals surface area contributed by atoms with Crippen molar-refractivity contribution in [1.29, 1.82) is 0 Å². The van der Waals surface area contributed by atoms with Crippen LogP contribution in [0.1, 0.15) is 18.2 Å². The van der Waals surface area contributed by atoms with Gasteiger partial charge in [0.2, 0.25) is 5.91 Å². The van der Waals surface area contributed by atoms with E-state index >= 15 is 0 Å². The second kappa shape index (κ2) is 10.0. The fourth-order valence-corrected chi connectivity index (χ4v) is 3.37. The van der Waals surface area contributed by atoms with Gasteiger partial charge in [0.1, 0.15) is 5.03 Å². The summed E-state index contributed by atoms with van der Waals surface area (Å²) < 4.78 is 5.02. The number of hydrazone groups is 1. The third-order valence-corrected chi connectivity index (χ3v) is 4.72. The van der Waals surface area contributed by atoms with Gasteiger partial charge in [-0.05, 0) is 30.9 Å². The monoisotopic (exact) mass is 392 g/mol. The van der Waals surface area contributed by atoms with Gasteiger partial charge in [-0.15, -0.1) is 0 Å². The predicted octanol–water partition coefficient (Wildman–Crippen LogP) is 2.85. The summed E-state index contributed by atoms with van der Waals surface area (Å²) in [7, 11) is 1.47. The van der Waals surface area contributed by atoms with Crippen molar-refractivity contribution in [1.82, 2.24) is 15.4 Å². The standard InChI is InChI=1S/C17H20N4O3S2/c1-4-25-17-19-11(2)8-15(20-17)26-10-14(22)21-18-9-12-6-5-7-13(24-3)16(12)23/h5-9,23H,4,10H2,1-3H3,(H,21,22)/b18-9+. The molecule has 0 saturated heterocycles. The Balaban J connectivity index is 1.90. The molecule has 0 aliphatic heterocycles. The van der Waals surface area contributed by atoms with Gasteiger partial charge < -0.3 is 9.84 Å². The molecule has 1 aromatic heterocycles. The molecule has 0 fully saturated rings. The number of amides is 1. The topological polar surface area (TPSA) is 96.7 Å². The average Bonchev–Trinajstić information content (AvgIpc) is 2.61. The molecule has 1 heterocycles. The van der Waals surface area contributed by atoms with Crippen molar-refractivity contribution < 1.29 is 14.6 Å². The minimum atomic E-state index is -0.269. The first kappa shape index (κ1) is 20.1. The van der Waals surface area contributed by atoms with Crippen LogP contribution in [0, 0.1) is 6.92 Å². The number of aryl methyl sites for hydroxylation is 1. The Morgan fingerprint density at radius 1 is 1.38 bits per heavy atom. The molecule has 2 N–H and O–H groups in total. The molecule has 7 nitrogen and oxygen atoms in total. The van der Waals surface area contributed by atoms with Crippen LogP contribution < -0.4 is 10.2 Å². The predicted molar refractivity (Wildman–Crippen MR) is 104 cm³/mol. The maximum absolute atomic E-state index is 11.9. The normalized spacial score (nSPS) is 10.9. The minimum absolute atomic E-state index is 0.0280. The molecule has 26 heavy (non-hydrogen) atoms. The zero-order valence-electron chi connectivity index (χ0n) is 14.7. The highest BCUT2D eigenvalue weighted by molar-refractivity contribution is 8.00. The van der Waals surface area contributed by atoms with Gasteiger partial charge >= 0.3 is 0 Å². The smallest absolute Gasteiger partial charge is 0.250 e. The first-order valence-corrected chi connectivity index (χ1v) is 9.79. The van der Waals surface area contributed by atoms with E-state index in [1.165, 1.54) is 25.1 Å². The number of nitrogens with zero attached hydrogens (tertiary/aromatic N) is 3. The number of aromatic hydroxyl groups is 1. The van der Waals surface area contributed by atoms with Crippen LogP contribution in [0.2, 0.25) is 0 Å². The third-order valence-electron chi connectivity index (χ3n) is 3.08. The van der Waals surface area contributed by atoms with Gasteiger partial charge in [-0.1, -0.05) is 36.5 Å². The number of nitrogens with one attached hydrogen (secondary N) is 1. The minimum Gasteiger partial charge on any atom is -0.504 e. The van der Waals surface area contributed by atoms with Gasteiger partial charge in [0.15, 0.2) is 16.7 Å². The van der Waals surface area contributed by atoms with E-state index in [2.05, 4.69) is 20.5 Å². The van der Waals surface area contributed by atoms with Crippen LogP contribution in [0.15, 0.2) is 39.5 Å². The summed E-state index contributed by atoms with van der Waals surface area (Å²) in [6.45, 7) is 3.94. The van der Waals surface area contributed by atoms with Crippen molar-refractivity contribution in [3.63, 3.8) is 0 Å². The lowest BCUT2D eigenvalue weighted by Gasteiger charge is -2.05. The van der Waals surface area contributed by atoms with Crippen LogP contribution in [0.3, 0.4) is 0 Å². The van der Waals surface area contributed by atoms with Crippen molar-refractivity contribution in [2.75, 3.05) is 18.6 Å². The van der Waals surface area contributed by atoms with E-state index in [4.69, 9.17) is 4.74 Å². The summed E-state index contributed by atoms with van der Waals surface area (Å²) in [5, 5.41) is 15.3. The van der Waals surface area contributed by atoms with Gasteiger partial charge in [-0.3, -0.25) is 4.79 Å². The van der Waals surface area contributed by atoms with Gasteiger partial charge in [-0.2, -0.15) is 5.10 Å². The molecule has 1 aromatic carbocycles. The van der Waals surface area contributed by atoms with E-state index in [-0.39, 0.29) is 17.4 Å². The number of carbonyl (C=O) groups is 1. The zero-order chi connectivity index (χ0) is 18.9. The number of aromatic nitrogens is 2. The van der Waals surface area contributed by atoms with E-state index < -0.39 is 0 Å². The summed E-state index contributed by atoms with van der Waals surface area (Å²) in [6.07, 6.45) is 1.37. The zero-order valence-corrected chi connectivity index (χ0v) is 16.4. The summed E-state index contributed by atoms with van der Waals surface area (Å²) in [5.74, 6) is 1.11. The molecule has 0 unspecified atom stereocenters. The van der Waals surface area contributed by atoms with Crippen LogP contribution in [0.4, 0.5) is 0 Å². The SMILES string of the molecule is CCSc1nc(C)cc(SCC(=O)N/N=C/c2cccc(OC)c2O)n1. The number of methoxy groups -OCH3 is 1. The number of rotatable bonds is 8. The molecule has 0 aliphatic rings. The number of ether oxygens (including phenoxy) is 1. The number of para-hydroxylation sites is 1. The summed E-state index contributed by atoms with van der Waals surface area (Å²) in [6, 6.07) is 6.87. The first-order valence-electron chi connectivity index (χ1n) is 7.82. The van der Waals surface area contributed by atoms with Gasteiger partial charge in [0.05, 0.1) is 19.1 Å². The lowest BCUT2D eigenvalue weighted by Crippen LogP contribution is -2.19. The summed E-state index contributed by atoms with van der Waals surface area (Å²) in [4.78, 5) is 20.7. The molecular weight excluding hydrogens is 372 g/mol. The molecular formula is C17H20N4O3S2. The van der Waals surface area contributed by atoms with Crippen LogP contribution in [0.5, 0.6) is 11.5 Å². The number of benzene rings is 1. The van der Waals surface area contributed by atoms with Crippen molar-refractivity contribution >= 4 is 35.6 Å². The fraction of sp³-hybridized carbons (Fsp3) is 0.294. The van der Waals surface area contributed by atoms with Crippen LogP contribution in [0.25, 0.3) is 0 Å². The molecule has 0 radical (unpaired) electrons. The number of carbonyl (C=O) groups excluding carboxylic acids is 1.